The van der Waals surface area contributed by atoms with Gasteiger partial charge in [0.05, 0.1) is 36.7 Å². The number of ether oxygens (including phenoxy) is 3. The Morgan fingerprint density at radius 1 is 1.00 bits per heavy atom. The zero-order valence-electron chi connectivity index (χ0n) is 18.9. The van der Waals surface area contributed by atoms with Gasteiger partial charge in [0.1, 0.15) is 0 Å². The minimum Gasteiger partial charge on any atom is -0.476 e. The van der Waals surface area contributed by atoms with Crippen LogP contribution in [0.1, 0.15) is 31.2 Å². The molecule has 0 fully saturated rings. The number of nitro benzene ring substituents is 1. The van der Waals surface area contributed by atoms with Crippen molar-refractivity contribution >= 4 is 22.9 Å². The first-order valence-electron chi connectivity index (χ1n) is 9.80. The van der Waals surface area contributed by atoms with Crippen LogP contribution in [0.3, 0.4) is 0 Å². The number of allylic oxidation sites excluding steroid dienone is 3. The van der Waals surface area contributed by atoms with E-state index in [9.17, 15) is 25.0 Å². The van der Waals surface area contributed by atoms with Gasteiger partial charge in [-0.2, -0.15) is 9.97 Å². The highest BCUT2D eigenvalue weighted by molar-refractivity contribution is 5.97. The second kappa shape index (κ2) is 9.52. The van der Waals surface area contributed by atoms with Crippen molar-refractivity contribution in [1.29, 1.82) is 0 Å². The van der Waals surface area contributed by atoms with E-state index in [0.29, 0.717) is 22.5 Å². The number of nitrogens with one attached hydrogen (secondary N) is 1. The van der Waals surface area contributed by atoms with Crippen LogP contribution >= 0.6 is 0 Å². The molecule has 0 saturated carbocycles. The molecule has 0 amide bonds. The Morgan fingerprint density at radius 2 is 1.62 bits per heavy atom. The molecule has 1 unspecified atom stereocenters. The predicted octanol–water partition coefficient (Wildman–Crippen LogP) is 2.88. The summed E-state index contributed by atoms with van der Waals surface area (Å²) in [6, 6.07) is 5.76. The molecule has 1 aromatic carbocycles. The zero-order chi connectivity index (χ0) is 25.2. The fourth-order valence-electron chi connectivity index (χ4n) is 3.80. The first-order valence-corrected chi connectivity index (χ1v) is 9.80. The molecule has 13 heteroatoms. The van der Waals surface area contributed by atoms with Crippen molar-refractivity contribution < 1.29 is 28.9 Å². The maximum absolute atomic E-state index is 12.8. The number of rotatable bonds is 7. The fourth-order valence-corrected chi connectivity index (χ4v) is 3.80. The molecule has 0 bridgehead atoms. The van der Waals surface area contributed by atoms with Crippen molar-refractivity contribution in [2.24, 2.45) is 0 Å². The summed E-state index contributed by atoms with van der Waals surface area (Å²) in [5, 5.41) is 26.0. The Labute approximate surface area is 193 Å². The van der Waals surface area contributed by atoms with E-state index >= 15 is 0 Å². The summed E-state index contributed by atoms with van der Waals surface area (Å²) >= 11 is 0. The van der Waals surface area contributed by atoms with E-state index in [1.165, 1.54) is 39.5 Å². The zero-order valence-corrected chi connectivity index (χ0v) is 18.9. The maximum Gasteiger partial charge on any atom is 0.392 e. The molecule has 1 aromatic heterocycles. The standard InChI is InChI=1S/C21H21N5O8/c1-10-14(18-23-19(32-3)17(26(30)31)20(24-18)33-4)16(15(11(2)22-10)21(27)34-5)12-7-6-8-13(9-12)25(28)29/h6-9,16,22H,1-5H3. The minimum atomic E-state index is -0.899. The number of hydrogen-bond acceptors (Lipinski definition) is 11. The van der Waals surface area contributed by atoms with E-state index in [4.69, 9.17) is 14.2 Å². The first kappa shape index (κ1) is 24.1. The summed E-state index contributed by atoms with van der Waals surface area (Å²) in [6.07, 6.45) is 0. The SMILES string of the molecule is COC(=O)C1=C(C)NC(C)=C(c2nc(OC)c([N+](=O)[O-])c(OC)n2)C1c1cccc([N+](=O)[O-])c1. The largest absolute Gasteiger partial charge is 0.476 e. The molecule has 0 saturated heterocycles. The molecule has 3 rings (SSSR count). The summed E-state index contributed by atoms with van der Waals surface area (Å²) in [4.78, 5) is 42.9. The molecular formula is C21H21N5O8. The molecule has 34 heavy (non-hydrogen) atoms. The van der Waals surface area contributed by atoms with Gasteiger partial charge < -0.3 is 19.5 Å². The van der Waals surface area contributed by atoms with Crippen LogP contribution in [-0.4, -0.2) is 47.1 Å². The second-order valence-corrected chi connectivity index (χ2v) is 7.15. The van der Waals surface area contributed by atoms with Crippen molar-refractivity contribution in [3.63, 3.8) is 0 Å². The van der Waals surface area contributed by atoms with E-state index < -0.39 is 27.4 Å². The fraction of sp³-hybridized carbons (Fsp3) is 0.286. The Balaban J connectivity index is 2.35. The Morgan fingerprint density at radius 3 is 2.12 bits per heavy atom. The van der Waals surface area contributed by atoms with Crippen LogP contribution in [0.2, 0.25) is 0 Å². The van der Waals surface area contributed by atoms with Crippen molar-refractivity contribution in [3.05, 3.63) is 72.8 Å². The van der Waals surface area contributed by atoms with E-state index in [2.05, 4.69) is 15.3 Å². The van der Waals surface area contributed by atoms with E-state index in [-0.39, 0.29) is 28.8 Å². The number of aromatic nitrogens is 2. The van der Waals surface area contributed by atoms with Crippen molar-refractivity contribution in [1.82, 2.24) is 15.3 Å². The topological polar surface area (TPSA) is 169 Å². The van der Waals surface area contributed by atoms with Crippen molar-refractivity contribution in [2.45, 2.75) is 19.8 Å². The highest BCUT2D eigenvalue weighted by atomic mass is 16.6. The number of esters is 1. The molecular weight excluding hydrogens is 450 g/mol. The molecule has 1 aliphatic heterocycles. The third kappa shape index (κ3) is 4.22. The van der Waals surface area contributed by atoms with Gasteiger partial charge in [0.15, 0.2) is 5.82 Å². The number of dihydropyridines is 1. The summed E-state index contributed by atoms with van der Waals surface area (Å²) in [6.45, 7) is 3.36. The average Bonchev–Trinajstić information content (AvgIpc) is 2.82. The molecule has 2 heterocycles. The molecule has 0 aliphatic carbocycles. The first-order chi connectivity index (χ1) is 16.1. The van der Waals surface area contributed by atoms with E-state index in [1.807, 2.05) is 0 Å². The third-order valence-corrected chi connectivity index (χ3v) is 5.21. The second-order valence-electron chi connectivity index (χ2n) is 7.15. The van der Waals surface area contributed by atoms with Gasteiger partial charge in [-0.05, 0) is 19.4 Å². The lowest BCUT2D eigenvalue weighted by Gasteiger charge is -2.30. The molecule has 1 aliphatic rings. The lowest BCUT2D eigenvalue weighted by molar-refractivity contribution is -0.387. The number of non-ortho nitro benzene ring substituents is 1. The number of methoxy groups -OCH3 is 3. The van der Waals surface area contributed by atoms with Gasteiger partial charge in [0.25, 0.3) is 5.69 Å². The normalized spacial score (nSPS) is 15.5. The number of benzene rings is 1. The highest BCUT2D eigenvalue weighted by Crippen LogP contribution is 2.45. The van der Waals surface area contributed by atoms with E-state index in [0.717, 1.165) is 0 Å². The third-order valence-electron chi connectivity index (χ3n) is 5.21. The number of carbonyl (C=O) groups is 1. The van der Waals surface area contributed by atoms with Crippen molar-refractivity contribution in [2.75, 3.05) is 21.3 Å². The van der Waals surface area contributed by atoms with Gasteiger partial charge in [-0.1, -0.05) is 12.1 Å². The summed E-state index contributed by atoms with van der Waals surface area (Å²) in [7, 11) is 3.63. The quantitative estimate of drug-likeness (QED) is 0.358. The van der Waals surface area contributed by atoms with Gasteiger partial charge >= 0.3 is 23.4 Å². The number of carbonyl (C=O) groups excluding carboxylic acids is 1. The maximum atomic E-state index is 12.8. The van der Waals surface area contributed by atoms with Crippen LogP contribution in [-0.2, 0) is 9.53 Å². The molecule has 2 aromatic rings. The molecule has 0 spiro atoms. The summed E-state index contributed by atoms with van der Waals surface area (Å²) in [5.41, 5.74) is 1.12. The van der Waals surface area contributed by atoms with Crippen LogP contribution in [0.25, 0.3) is 5.57 Å². The Bertz CT molecular complexity index is 1230. The van der Waals surface area contributed by atoms with Crippen LogP contribution in [0.15, 0.2) is 41.2 Å². The number of hydrogen-bond donors (Lipinski definition) is 1. The Kier molecular flexibility index (Phi) is 6.75. The lowest BCUT2D eigenvalue weighted by Crippen LogP contribution is -2.29. The van der Waals surface area contributed by atoms with E-state index in [1.54, 1.807) is 19.9 Å². The molecule has 1 N–H and O–H groups in total. The molecule has 13 nitrogen and oxygen atoms in total. The smallest absolute Gasteiger partial charge is 0.392 e. The van der Waals surface area contributed by atoms with Gasteiger partial charge in [0.2, 0.25) is 0 Å². The molecule has 0 radical (unpaired) electrons. The van der Waals surface area contributed by atoms with Gasteiger partial charge in [-0.25, -0.2) is 4.79 Å². The summed E-state index contributed by atoms with van der Waals surface area (Å²) < 4.78 is 15.2. The lowest BCUT2D eigenvalue weighted by atomic mass is 9.80. The molecule has 178 valence electrons. The number of nitro groups is 2. The van der Waals surface area contributed by atoms with Crippen LogP contribution in [0, 0.1) is 20.2 Å². The van der Waals surface area contributed by atoms with Crippen LogP contribution in [0.5, 0.6) is 11.8 Å². The van der Waals surface area contributed by atoms with Gasteiger partial charge in [-0.3, -0.25) is 20.2 Å². The minimum absolute atomic E-state index is 0.0327. The van der Waals surface area contributed by atoms with Crippen LogP contribution in [0.4, 0.5) is 11.4 Å². The van der Waals surface area contributed by atoms with Crippen LogP contribution < -0.4 is 14.8 Å². The van der Waals surface area contributed by atoms with Gasteiger partial charge in [-0.15, -0.1) is 0 Å². The van der Waals surface area contributed by atoms with Gasteiger partial charge in [0, 0.05) is 35.0 Å². The molecule has 1 atom stereocenters. The average molecular weight is 471 g/mol. The Hall–Kier alpha value is -4.55. The number of nitrogens with zero attached hydrogens (tertiary/aromatic N) is 4. The highest BCUT2D eigenvalue weighted by Gasteiger charge is 2.38. The predicted molar refractivity (Wildman–Crippen MR) is 118 cm³/mol. The summed E-state index contributed by atoms with van der Waals surface area (Å²) in [5.74, 6) is -2.31. The van der Waals surface area contributed by atoms with Crippen molar-refractivity contribution in [3.8, 4) is 11.8 Å². The monoisotopic (exact) mass is 471 g/mol.